The van der Waals surface area contributed by atoms with Crippen molar-refractivity contribution in [3.8, 4) is 11.5 Å². The van der Waals surface area contributed by atoms with E-state index in [0.29, 0.717) is 24.4 Å². The van der Waals surface area contributed by atoms with Crippen LogP contribution in [0.1, 0.15) is 46.8 Å². The molecule has 0 spiro atoms. The Hall–Kier alpha value is -5.06. The number of carbonyl (C=O) groups excluding carboxylic acids is 1. The van der Waals surface area contributed by atoms with Crippen molar-refractivity contribution in [1.29, 1.82) is 0 Å². The minimum atomic E-state index is -0.551. The lowest BCUT2D eigenvalue weighted by Gasteiger charge is -2.38. The molecule has 1 aromatic heterocycles. The number of aromatic nitrogens is 1. The van der Waals surface area contributed by atoms with Gasteiger partial charge in [-0.1, -0.05) is 72.8 Å². The van der Waals surface area contributed by atoms with Crippen molar-refractivity contribution in [2.45, 2.75) is 44.5 Å². The molecule has 2 heterocycles. The summed E-state index contributed by atoms with van der Waals surface area (Å²) < 4.78 is 18.9. The van der Waals surface area contributed by atoms with Crippen LogP contribution < -0.4 is 15.4 Å². The Bertz CT molecular complexity index is 1740. The van der Waals surface area contributed by atoms with Crippen LogP contribution in [-0.4, -0.2) is 47.3 Å². The maximum atomic E-state index is 12.6. The molecule has 0 aliphatic carbocycles. The summed E-state index contributed by atoms with van der Waals surface area (Å²) in [4.78, 5) is 19.4. The number of anilines is 1. The second-order valence-electron chi connectivity index (χ2n) is 12.2. The summed E-state index contributed by atoms with van der Waals surface area (Å²) >= 11 is 0. The van der Waals surface area contributed by atoms with Gasteiger partial charge in [-0.25, -0.2) is 4.79 Å². The predicted molar refractivity (Wildman–Crippen MR) is 189 cm³/mol. The lowest BCUT2D eigenvalue weighted by Crippen LogP contribution is -2.38. The predicted octanol–water partition coefficient (Wildman–Crippen LogP) is 7.41. The maximum Gasteiger partial charge on any atom is 0.319 e. The van der Waals surface area contributed by atoms with Crippen LogP contribution in [0, 0.1) is 0 Å². The molecule has 49 heavy (non-hydrogen) atoms. The van der Waals surface area contributed by atoms with E-state index in [0.717, 1.165) is 53.2 Å². The molecule has 4 aromatic carbocycles. The number of hydrogen-bond acceptors (Lipinski definition) is 7. The van der Waals surface area contributed by atoms with Crippen molar-refractivity contribution in [3.63, 3.8) is 0 Å². The van der Waals surface area contributed by atoms with Crippen molar-refractivity contribution >= 4 is 11.7 Å². The largest absolute Gasteiger partial charge is 0.457 e. The van der Waals surface area contributed by atoms with Gasteiger partial charge in [0.25, 0.3) is 0 Å². The fourth-order valence-corrected chi connectivity index (χ4v) is 5.70. The van der Waals surface area contributed by atoms with Crippen LogP contribution in [0.25, 0.3) is 0 Å². The Morgan fingerprint density at radius 2 is 1.53 bits per heavy atom. The van der Waals surface area contributed by atoms with E-state index in [1.54, 1.807) is 12.1 Å². The van der Waals surface area contributed by atoms with E-state index in [-0.39, 0.29) is 24.8 Å². The van der Waals surface area contributed by atoms with E-state index < -0.39 is 6.29 Å². The highest BCUT2D eigenvalue weighted by atomic mass is 16.7. The zero-order chi connectivity index (χ0) is 33.8. The van der Waals surface area contributed by atoms with Gasteiger partial charge in [-0.3, -0.25) is 4.98 Å². The van der Waals surface area contributed by atoms with Gasteiger partial charge in [0.2, 0.25) is 0 Å². The molecule has 252 valence electrons. The van der Waals surface area contributed by atoms with E-state index in [1.165, 1.54) is 0 Å². The van der Waals surface area contributed by atoms with Crippen molar-refractivity contribution in [2.24, 2.45) is 0 Å². The van der Waals surface area contributed by atoms with Crippen LogP contribution in [0.3, 0.4) is 0 Å². The molecule has 2 amide bonds. The highest BCUT2D eigenvalue weighted by Crippen LogP contribution is 2.38. The van der Waals surface area contributed by atoms with E-state index in [1.807, 2.05) is 115 Å². The van der Waals surface area contributed by atoms with Crippen LogP contribution in [0.15, 0.2) is 128 Å². The van der Waals surface area contributed by atoms with Gasteiger partial charge in [0.15, 0.2) is 6.29 Å². The molecular formula is C40H42N4O5. The third-order valence-electron chi connectivity index (χ3n) is 8.40. The number of nitrogens with one attached hydrogen (secondary N) is 2. The van der Waals surface area contributed by atoms with Crippen molar-refractivity contribution < 1.29 is 24.1 Å². The number of benzene rings is 4. The van der Waals surface area contributed by atoms with E-state index in [4.69, 9.17) is 14.2 Å². The van der Waals surface area contributed by atoms with Gasteiger partial charge >= 0.3 is 6.03 Å². The summed E-state index contributed by atoms with van der Waals surface area (Å²) in [6.45, 7) is 1.97. The van der Waals surface area contributed by atoms with Gasteiger partial charge in [0, 0.05) is 55.6 Å². The third kappa shape index (κ3) is 9.98. The molecule has 1 fully saturated rings. The van der Waals surface area contributed by atoms with Crippen LogP contribution in [0.2, 0.25) is 0 Å². The van der Waals surface area contributed by atoms with Crippen molar-refractivity contribution in [2.75, 3.05) is 25.5 Å². The van der Waals surface area contributed by atoms with Gasteiger partial charge in [-0.05, 0) is 72.3 Å². The van der Waals surface area contributed by atoms with Crippen LogP contribution in [0.5, 0.6) is 11.5 Å². The highest BCUT2D eigenvalue weighted by molar-refractivity contribution is 5.89. The van der Waals surface area contributed by atoms with Crippen LogP contribution in [0.4, 0.5) is 10.5 Å². The van der Waals surface area contributed by atoms with Crippen molar-refractivity contribution in [1.82, 2.24) is 15.2 Å². The van der Waals surface area contributed by atoms with Crippen LogP contribution >= 0.6 is 0 Å². The number of hydrogen-bond donors (Lipinski definition) is 3. The van der Waals surface area contributed by atoms with E-state index in [9.17, 15) is 9.90 Å². The normalized spacial score (nSPS) is 17.4. The fraction of sp³-hybridized carbons (Fsp3) is 0.250. The molecule has 0 radical (unpaired) electrons. The Labute approximate surface area is 287 Å². The van der Waals surface area contributed by atoms with Gasteiger partial charge in [0.05, 0.1) is 18.8 Å². The number of rotatable bonds is 13. The standard InChI is InChI=1S/C40H42N4O5/c1-44(24-22-33-7-5-6-23-41-33)27-37-25-38(31-14-12-30(28-45)13-15-31)49-39(48-37)32-16-10-29(11-17-32)26-42-40(46)43-34-18-20-36(21-19-34)47-35-8-3-2-4-9-35/h2-21,23,37-39,45H,22,24-28H2,1H3,(H2,42,43,46)/t37-,38+,39+/m0/s1. The molecule has 3 atom stereocenters. The molecule has 1 saturated heterocycles. The number of urea groups is 1. The minimum Gasteiger partial charge on any atom is -0.457 e. The summed E-state index contributed by atoms with van der Waals surface area (Å²) in [6.07, 6.45) is 2.63. The van der Waals surface area contributed by atoms with E-state index in [2.05, 4.69) is 27.6 Å². The van der Waals surface area contributed by atoms with Gasteiger partial charge in [0.1, 0.15) is 11.5 Å². The lowest BCUT2D eigenvalue weighted by atomic mass is 9.99. The van der Waals surface area contributed by atoms with E-state index >= 15 is 0 Å². The number of para-hydroxylation sites is 1. The number of aliphatic hydroxyl groups is 1. The Kier molecular flexibility index (Phi) is 11.6. The Morgan fingerprint density at radius 3 is 2.24 bits per heavy atom. The first-order valence-corrected chi connectivity index (χ1v) is 16.6. The number of nitrogens with zero attached hydrogens (tertiary/aromatic N) is 2. The van der Waals surface area contributed by atoms with Crippen LogP contribution in [-0.2, 0) is 29.0 Å². The second-order valence-corrected chi connectivity index (χ2v) is 12.2. The summed E-state index contributed by atoms with van der Waals surface area (Å²) in [5, 5.41) is 15.3. The van der Waals surface area contributed by atoms with Gasteiger partial charge in [-0.15, -0.1) is 0 Å². The van der Waals surface area contributed by atoms with Crippen molar-refractivity contribution in [3.05, 3.63) is 155 Å². The monoisotopic (exact) mass is 658 g/mol. The smallest absolute Gasteiger partial charge is 0.319 e. The molecule has 9 heteroatoms. The summed E-state index contributed by atoms with van der Waals surface area (Å²) in [5.74, 6) is 1.44. The number of ether oxygens (including phenoxy) is 3. The molecule has 1 aliphatic heterocycles. The molecule has 6 rings (SSSR count). The summed E-state index contributed by atoms with van der Waals surface area (Å²) in [5.41, 5.74) is 5.50. The average Bonchev–Trinajstić information content (AvgIpc) is 3.15. The molecule has 0 bridgehead atoms. The highest BCUT2D eigenvalue weighted by Gasteiger charge is 2.32. The number of aliphatic hydroxyl groups excluding tert-OH is 1. The number of pyridine rings is 1. The maximum absolute atomic E-state index is 12.6. The SMILES string of the molecule is CN(CCc1ccccn1)C[C@@H]1C[C@H](c2ccc(CO)cc2)O[C@H](c2ccc(CNC(=O)Nc3ccc(Oc4ccccc4)cc3)cc2)O1. The first kappa shape index (κ1) is 33.8. The Balaban J connectivity index is 1.04. The minimum absolute atomic E-state index is 0.00180. The number of likely N-dealkylation sites (N-methyl/N-ethyl adjacent to an activating group) is 1. The summed E-state index contributed by atoms with van der Waals surface area (Å²) in [6, 6.07) is 38.3. The first-order chi connectivity index (χ1) is 24.0. The molecule has 9 nitrogen and oxygen atoms in total. The molecule has 1 aliphatic rings. The summed E-state index contributed by atoms with van der Waals surface area (Å²) in [7, 11) is 2.11. The Morgan fingerprint density at radius 1 is 0.837 bits per heavy atom. The first-order valence-electron chi connectivity index (χ1n) is 16.6. The topological polar surface area (TPSA) is 105 Å². The second kappa shape index (κ2) is 16.9. The third-order valence-corrected chi connectivity index (χ3v) is 8.40. The van der Waals surface area contributed by atoms with Gasteiger partial charge in [-0.2, -0.15) is 0 Å². The zero-order valence-corrected chi connectivity index (χ0v) is 27.6. The molecule has 5 aromatic rings. The molecule has 0 unspecified atom stereocenters. The fourth-order valence-electron chi connectivity index (χ4n) is 5.70. The van der Waals surface area contributed by atoms with Gasteiger partial charge < -0.3 is 34.9 Å². The number of carbonyl (C=O) groups is 1. The average molecular weight is 659 g/mol. The molecule has 0 saturated carbocycles. The molecular weight excluding hydrogens is 616 g/mol. The quantitative estimate of drug-likeness (QED) is 0.121. The zero-order valence-electron chi connectivity index (χ0n) is 27.6. The molecule has 3 N–H and O–H groups in total. The lowest BCUT2D eigenvalue weighted by molar-refractivity contribution is -0.252. The number of amides is 2.